The molecule has 2 heterocycles. The van der Waals surface area contributed by atoms with E-state index in [0.29, 0.717) is 35.0 Å². The first-order valence-electron chi connectivity index (χ1n) is 11.6. The molecule has 37 heavy (non-hydrogen) atoms. The number of methoxy groups -OCH3 is 1. The Balaban J connectivity index is 1.54. The lowest BCUT2D eigenvalue weighted by atomic mass is 9.95. The molecule has 3 aromatic carbocycles. The van der Waals surface area contributed by atoms with E-state index < -0.39 is 17.7 Å². The highest BCUT2D eigenvalue weighted by Crippen LogP contribution is 2.42. The molecule has 4 aromatic rings. The average Bonchev–Trinajstić information content (AvgIpc) is 3.48. The van der Waals surface area contributed by atoms with Crippen LogP contribution in [-0.4, -0.2) is 29.1 Å². The van der Waals surface area contributed by atoms with Crippen molar-refractivity contribution in [1.29, 1.82) is 0 Å². The number of benzene rings is 3. The second-order valence-electron chi connectivity index (χ2n) is 8.54. The van der Waals surface area contributed by atoms with E-state index >= 15 is 0 Å². The maximum atomic E-state index is 13.2. The number of ether oxygens (including phenoxy) is 2. The number of carbonyl (C=O) groups excluding carboxylic acids is 2. The van der Waals surface area contributed by atoms with Crippen LogP contribution in [0.5, 0.6) is 11.5 Å². The Hall–Kier alpha value is -4.85. The van der Waals surface area contributed by atoms with Crippen LogP contribution in [0.2, 0.25) is 0 Å². The van der Waals surface area contributed by atoms with Gasteiger partial charge >= 0.3 is 5.91 Å². The number of hydrogen-bond donors (Lipinski definition) is 1. The van der Waals surface area contributed by atoms with Gasteiger partial charge in [0, 0.05) is 11.6 Å². The summed E-state index contributed by atoms with van der Waals surface area (Å²) in [6, 6.07) is 24.1. The van der Waals surface area contributed by atoms with Gasteiger partial charge in [-0.15, -0.1) is 0 Å². The summed E-state index contributed by atoms with van der Waals surface area (Å²) in [5.41, 5.74) is 1.96. The molecule has 0 saturated carbocycles. The fraction of sp³-hybridized carbons (Fsp3) is 0.138. The molecule has 0 bridgehead atoms. The summed E-state index contributed by atoms with van der Waals surface area (Å²) in [4.78, 5) is 27.6. The maximum Gasteiger partial charge on any atom is 0.301 e. The van der Waals surface area contributed by atoms with Crippen molar-refractivity contribution in [2.24, 2.45) is 0 Å². The zero-order valence-electron chi connectivity index (χ0n) is 20.3. The molecule has 1 unspecified atom stereocenters. The van der Waals surface area contributed by atoms with Crippen molar-refractivity contribution < 1.29 is 28.7 Å². The van der Waals surface area contributed by atoms with Gasteiger partial charge in [0.15, 0.2) is 5.82 Å². The first-order chi connectivity index (χ1) is 18.0. The highest BCUT2D eigenvalue weighted by molar-refractivity contribution is 6.51. The number of anilines is 1. The molecule has 1 aromatic heterocycles. The summed E-state index contributed by atoms with van der Waals surface area (Å²) in [7, 11) is 1.54. The average molecular weight is 497 g/mol. The molecule has 0 spiro atoms. The van der Waals surface area contributed by atoms with Gasteiger partial charge in [0.25, 0.3) is 5.78 Å². The Morgan fingerprint density at radius 3 is 2.27 bits per heavy atom. The fourth-order valence-electron chi connectivity index (χ4n) is 4.24. The van der Waals surface area contributed by atoms with Crippen LogP contribution < -0.4 is 14.4 Å². The number of aromatic nitrogens is 1. The van der Waals surface area contributed by atoms with Gasteiger partial charge in [-0.2, -0.15) is 0 Å². The van der Waals surface area contributed by atoms with Gasteiger partial charge < -0.3 is 19.1 Å². The van der Waals surface area contributed by atoms with Crippen LogP contribution in [0.1, 0.15) is 28.5 Å². The van der Waals surface area contributed by atoms with E-state index in [1.165, 1.54) is 12.0 Å². The lowest BCUT2D eigenvalue weighted by Gasteiger charge is -2.23. The predicted octanol–water partition coefficient (Wildman–Crippen LogP) is 5.20. The van der Waals surface area contributed by atoms with Crippen LogP contribution in [0.4, 0.5) is 5.82 Å². The van der Waals surface area contributed by atoms with Gasteiger partial charge in [-0.1, -0.05) is 47.6 Å². The molecule has 5 rings (SSSR count). The fourth-order valence-corrected chi connectivity index (χ4v) is 4.24. The van der Waals surface area contributed by atoms with E-state index in [0.717, 1.165) is 5.56 Å². The van der Waals surface area contributed by atoms with E-state index in [1.54, 1.807) is 61.5 Å². The molecule has 0 radical (unpaired) electrons. The summed E-state index contributed by atoms with van der Waals surface area (Å²) < 4.78 is 16.2. The monoisotopic (exact) mass is 496 g/mol. The number of nitrogens with zero attached hydrogens (tertiary/aromatic N) is 2. The molecular formula is C29H24N2O6. The number of ketones is 1. The third kappa shape index (κ3) is 4.69. The molecule has 1 amide bonds. The van der Waals surface area contributed by atoms with Gasteiger partial charge in [-0.25, -0.2) is 0 Å². The summed E-state index contributed by atoms with van der Waals surface area (Å²) in [6.45, 7) is 2.09. The smallest absolute Gasteiger partial charge is 0.301 e. The van der Waals surface area contributed by atoms with Crippen molar-refractivity contribution in [2.75, 3.05) is 12.0 Å². The number of aliphatic hydroxyl groups is 1. The minimum Gasteiger partial charge on any atom is -0.507 e. The highest BCUT2D eigenvalue weighted by atomic mass is 16.5. The van der Waals surface area contributed by atoms with Gasteiger partial charge in [-0.3, -0.25) is 14.5 Å². The van der Waals surface area contributed by atoms with E-state index in [9.17, 15) is 14.7 Å². The molecule has 1 atom stereocenters. The number of aliphatic hydroxyl groups excluding tert-OH is 1. The molecule has 1 fully saturated rings. The number of aryl methyl sites for hydroxylation is 1. The van der Waals surface area contributed by atoms with Crippen LogP contribution in [0.25, 0.3) is 5.76 Å². The number of amides is 1. The Morgan fingerprint density at radius 1 is 0.973 bits per heavy atom. The predicted molar refractivity (Wildman–Crippen MR) is 136 cm³/mol. The Morgan fingerprint density at radius 2 is 1.65 bits per heavy atom. The van der Waals surface area contributed by atoms with Crippen LogP contribution >= 0.6 is 0 Å². The summed E-state index contributed by atoms with van der Waals surface area (Å²) >= 11 is 0. The van der Waals surface area contributed by atoms with Crippen molar-refractivity contribution in [3.8, 4) is 11.5 Å². The first-order valence-corrected chi connectivity index (χ1v) is 11.6. The Bertz CT molecular complexity index is 1460. The van der Waals surface area contributed by atoms with Crippen molar-refractivity contribution >= 4 is 23.3 Å². The van der Waals surface area contributed by atoms with Crippen LogP contribution in [0.15, 0.2) is 95.0 Å². The van der Waals surface area contributed by atoms with Gasteiger partial charge in [0.05, 0.1) is 18.7 Å². The number of carbonyl (C=O) groups is 2. The third-order valence-electron chi connectivity index (χ3n) is 6.11. The zero-order valence-corrected chi connectivity index (χ0v) is 20.3. The molecule has 0 aliphatic carbocycles. The minimum absolute atomic E-state index is 0.0474. The van der Waals surface area contributed by atoms with E-state index in [-0.39, 0.29) is 17.2 Å². The van der Waals surface area contributed by atoms with Crippen molar-refractivity contribution in [3.05, 3.63) is 113 Å². The van der Waals surface area contributed by atoms with Crippen molar-refractivity contribution in [2.45, 2.75) is 19.6 Å². The largest absolute Gasteiger partial charge is 0.507 e. The summed E-state index contributed by atoms with van der Waals surface area (Å²) in [6.07, 6.45) is 0. The minimum atomic E-state index is -0.922. The van der Waals surface area contributed by atoms with Crippen molar-refractivity contribution in [1.82, 2.24) is 5.16 Å². The van der Waals surface area contributed by atoms with E-state index in [2.05, 4.69) is 5.16 Å². The number of Topliss-reactive ketones (excluding diaryl/α,β-unsaturated/α-hetero) is 1. The molecule has 8 heteroatoms. The van der Waals surface area contributed by atoms with Crippen LogP contribution in [0, 0.1) is 6.92 Å². The molecule has 8 nitrogen and oxygen atoms in total. The zero-order chi connectivity index (χ0) is 25.9. The van der Waals surface area contributed by atoms with Gasteiger partial charge in [-0.05, 0) is 54.4 Å². The highest BCUT2D eigenvalue weighted by Gasteiger charge is 2.48. The summed E-state index contributed by atoms with van der Waals surface area (Å²) in [5, 5.41) is 15.2. The standard InChI is InChI=1S/C29H24N2O6/c1-18-16-24(30-37-18)31-26(20-8-14-23(15-9-20)36-17-19-6-4-3-5-7-19)25(28(33)29(31)34)27(32)21-10-12-22(35-2)13-11-21/h3-16,26,32H,17H2,1-2H3/b27-25-. The quantitative estimate of drug-likeness (QED) is 0.213. The molecular weight excluding hydrogens is 472 g/mol. The normalized spacial score (nSPS) is 16.7. The Kier molecular flexibility index (Phi) is 6.47. The SMILES string of the molecule is COc1ccc(/C(O)=C2/C(=O)C(=O)N(c3cc(C)on3)C2c2ccc(OCc3ccccc3)cc2)cc1. The van der Waals surface area contributed by atoms with Gasteiger partial charge in [0.2, 0.25) is 0 Å². The van der Waals surface area contributed by atoms with Crippen molar-refractivity contribution in [3.63, 3.8) is 0 Å². The van der Waals surface area contributed by atoms with E-state index in [1.807, 2.05) is 30.3 Å². The first kappa shape index (κ1) is 23.9. The topological polar surface area (TPSA) is 102 Å². The Labute approximate surface area is 213 Å². The molecule has 1 saturated heterocycles. The second kappa shape index (κ2) is 10.0. The lowest BCUT2D eigenvalue weighted by Crippen LogP contribution is -2.29. The molecule has 1 N–H and O–H groups in total. The molecule has 186 valence electrons. The number of hydrogen-bond acceptors (Lipinski definition) is 7. The van der Waals surface area contributed by atoms with Crippen LogP contribution in [0.3, 0.4) is 0 Å². The van der Waals surface area contributed by atoms with Gasteiger partial charge in [0.1, 0.15) is 29.6 Å². The molecule has 1 aliphatic rings. The third-order valence-corrected chi connectivity index (χ3v) is 6.11. The van der Waals surface area contributed by atoms with E-state index in [4.69, 9.17) is 14.0 Å². The molecule has 1 aliphatic heterocycles. The van der Waals surface area contributed by atoms with Crippen LogP contribution in [-0.2, 0) is 16.2 Å². The second-order valence-corrected chi connectivity index (χ2v) is 8.54. The summed E-state index contributed by atoms with van der Waals surface area (Å²) in [5.74, 6) is -0.0350. The number of rotatable bonds is 7. The maximum absolute atomic E-state index is 13.2. The lowest BCUT2D eigenvalue weighted by molar-refractivity contribution is -0.132.